The molecule has 0 aliphatic rings. The van der Waals surface area contributed by atoms with Crippen LogP contribution in [0.2, 0.25) is 0 Å². The average Bonchev–Trinajstić information content (AvgIpc) is 2.34. The van der Waals surface area contributed by atoms with E-state index in [1.807, 2.05) is 31.0 Å². The minimum Gasteiger partial charge on any atom is -0.481 e. The van der Waals surface area contributed by atoms with E-state index in [4.69, 9.17) is 16.7 Å². The molecule has 0 heterocycles. The summed E-state index contributed by atoms with van der Waals surface area (Å²) in [5, 5.41) is 8.58. The summed E-state index contributed by atoms with van der Waals surface area (Å²) in [4.78, 5) is 12.4. The molecule has 1 aromatic carbocycles. The summed E-state index contributed by atoms with van der Waals surface area (Å²) in [7, 11) is 1.92. The van der Waals surface area contributed by atoms with Crippen molar-refractivity contribution in [2.24, 2.45) is 0 Å². The van der Waals surface area contributed by atoms with E-state index in [0.717, 1.165) is 18.5 Å². The third-order valence-electron chi connectivity index (χ3n) is 2.91. The molecular formula is C14H20ClNO2. The first-order valence-corrected chi connectivity index (χ1v) is 6.53. The molecule has 4 heteroatoms. The molecule has 0 fully saturated rings. The SMILES string of the molecule is Cc1ccc(C(Cl)CCN(C)CCC(=O)O)cc1. The molecule has 1 unspecified atom stereocenters. The number of benzene rings is 1. The van der Waals surface area contributed by atoms with Crippen LogP contribution in [0.15, 0.2) is 24.3 Å². The zero-order valence-electron chi connectivity index (χ0n) is 10.9. The van der Waals surface area contributed by atoms with E-state index in [1.54, 1.807) is 0 Å². The fourth-order valence-corrected chi connectivity index (χ4v) is 1.92. The molecule has 0 saturated carbocycles. The van der Waals surface area contributed by atoms with Gasteiger partial charge in [-0.3, -0.25) is 4.79 Å². The Kier molecular flexibility index (Phi) is 6.16. The standard InChI is InChI=1S/C14H20ClNO2/c1-11-3-5-12(6-4-11)13(15)7-9-16(2)10-8-14(17)18/h3-6,13H,7-10H2,1-2H3,(H,17,18). The number of nitrogens with zero attached hydrogens (tertiary/aromatic N) is 1. The number of alkyl halides is 1. The fraction of sp³-hybridized carbons (Fsp3) is 0.500. The van der Waals surface area contributed by atoms with Gasteiger partial charge in [0.2, 0.25) is 0 Å². The van der Waals surface area contributed by atoms with Crippen molar-refractivity contribution in [3.63, 3.8) is 0 Å². The van der Waals surface area contributed by atoms with Gasteiger partial charge in [-0.1, -0.05) is 29.8 Å². The van der Waals surface area contributed by atoms with Gasteiger partial charge in [0.05, 0.1) is 11.8 Å². The summed E-state index contributed by atoms with van der Waals surface area (Å²) in [5.74, 6) is -0.761. The zero-order valence-corrected chi connectivity index (χ0v) is 11.7. The van der Waals surface area contributed by atoms with Gasteiger partial charge < -0.3 is 10.0 Å². The largest absolute Gasteiger partial charge is 0.481 e. The van der Waals surface area contributed by atoms with Gasteiger partial charge in [0, 0.05) is 6.54 Å². The monoisotopic (exact) mass is 269 g/mol. The van der Waals surface area contributed by atoms with Crippen LogP contribution in [0.4, 0.5) is 0 Å². The lowest BCUT2D eigenvalue weighted by Crippen LogP contribution is -2.23. The summed E-state index contributed by atoms with van der Waals surface area (Å²) >= 11 is 6.32. The molecule has 0 aliphatic carbocycles. The molecule has 1 N–H and O–H groups in total. The molecule has 0 amide bonds. The van der Waals surface area contributed by atoms with Gasteiger partial charge in [-0.15, -0.1) is 11.6 Å². The van der Waals surface area contributed by atoms with Crippen LogP contribution < -0.4 is 0 Å². The molecule has 1 rings (SSSR count). The number of carboxylic acids is 1. The predicted octanol–water partition coefficient (Wildman–Crippen LogP) is 3.07. The number of halogens is 1. The normalized spacial score (nSPS) is 12.7. The van der Waals surface area contributed by atoms with Crippen LogP contribution in [0, 0.1) is 6.92 Å². The van der Waals surface area contributed by atoms with Gasteiger partial charge in [0.25, 0.3) is 0 Å². The second-order valence-corrected chi connectivity index (χ2v) is 5.14. The third kappa shape index (κ3) is 5.52. The highest BCUT2D eigenvalue weighted by molar-refractivity contribution is 6.20. The molecule has 0 aliphatic heterocycles. The Morgan fingerprint density at radius 3 is 2.50 bits per heavy atom. The van der Waals surface area contributed by atoms with E-state index in [9.17, 15) is 4.79 Å². The maximum atomic E-state index is 10.4. The summed E-state index contributed by atoms with van der Waals surface area (Å²) in [6.45, 7) is 3.41. The summed E-state index contributed by atoms with van der Waals surface area (Å²) in [6, 6.07) is 8.20. The molecule has 18 heavy (non-hydrogen) atoms. The lowest BCUT2D eigenvalue weighted by Gasteiger charge is -2.17. The third-order valence-corrected chi connectivity index (χ3v) is 3.38. The Bertz CT molecular complexity index is 378. The number of aliphatic carboxylic acids is 1. The molecule has 100 valence electrons. The van der Waals surface area contributed by atoms with Crippen LogP contribution in [0.25, 0.3) is 0 Å². The topological polar surface area (TPSA) is 40.5 Å². The van der Waals surface area contributed by atoms with Crippen molar-refractivity contribution in [3.8, 4) is 0 Å². The maximum absolute atomic E-state index is 10.4. The highest BCUT2D eigenvalue weighted by Gasteiger charge is 2.09. The second-order valence-electron chi connectivity index (χ2n) is 4.61. The first-order valence-electron chi connectivity index (χ1n) is 6.10. The highest BCUT2D eigenvalue weighted by atomic mass is 35.5. The number of rotatable bonds is 7. The second kappa shape index (κ2) is 7.39. The summed E-state index contributed by atoms with van der Waals surface area (Å²) < 4.78 is 0. The van der Waals surface area contributed by atoms with Gasteiger partial charge in [-0.05, 0) is 32.5 Å². The van der Waals surface area contributed by atoms with Gasteiger partial charge in [0.1, 0.15) is 0 Å². The van der Waals surface area contributed by atoms with E-state index < -0.39 is 5.97 Å². The molecule has 0 spiro atoms. The van der Waals surface area contributed by atoms with Crippen molar-refractivity contribution in [1.29, 1.82) is 0 Å². The first kappa shape index (κ1) is 15.0. The lowest BCUT2D eigenvalue weighted by atomic mass is 10.1. The van der Waals surface area contributed by atoms with Crippen LogP contribution in [0.5, 0.6) is 0 Å². The van der Waals surface area contributed by atoms with Gasteiger partial charge in [0.15, 0.2) is 0 Å². The number of hydrogen-bond acceptors (Lipinski definition) is 2. The zero-order chi connectivity index (χ0) is 13.5. The van der Waals surface area contributed by atoms with Crippen LogP contribution in [-0.2, 0) is 4.79 Å². The molecule has 3 nitrogen and oxygen atoms in total. The smallest absolute Gasteiger partial charge is 0.304 e. The van der Waals surface area contributed by atoms with Gasteiger partial charge >= 0.3 is 5.97 Å². The minimum atomic E-state index is -0.761. The minimum absolute atomic E-state index is 0.0159. The maximum Gasteiger partial charge on any atom is 0.304 e. The molecule has 0 radical (unpaired) electrons. The molecule has 1 atom stereocenters. The molecule has 1 aromatic rings. The Morgan fingerprint density at radius 2 is 1.94 bits per heavy atom. The van der Waals surface area contributed by atoms with Crippen molar-refractivity contribution in [1.82, 2.24) is 4.90 Å². The van der Waals surface area contributed by atoms with Crippen LogP contribution in [0.1, 0.15) is 29.3 Å². The van der Waals surface area contributed by atoms with E-state index in [0.29, 0.717) is 6.54 Å². The Morgan fingerprint density at radius 1 is 1.33 bits per heavy atom. The highest BCUT2D eigenvalue weighted by Crippen LogP contribution is 2.24. The van der Waals surface area contributed by atoms with E-state index >= 15 is 0 Å². The van der Waals surface area contributed by atoms with Crippen molar-refractivity contribution in [2.45, 2.75) is 25.1 Å². The number of hydrogen-bond donors (Lipinski definition) is 1. The molecule has 0 aromatic heterocycles. The van der Waals surface area contributed by atoms with Gasteiger partial charge in [-0.25, -0.2) is 0 Å². The Balaban J connectivity index is 2.34. The molecule has 0 bridgehead atoms. The predicted molar refractivity (Wildman–Crippen MR) is 74.1 cm³/mol. The Hall–Kier alpha value is -1.06. The van der Waals surface area contributed by atoms with Crippen LogP contribution in [0.3, 0.4) is 0 Å². The summed E-state index contributed by atoms with van der Waals surface area (Å²) in [5.41, 5.74) is 2.34. The first-order chi connectivity index (χ1) is 8.49. The van der Waals surface area contributed by atoms with Crippen LogP contribution in [-0.4, -0.2) is 36.1 Å². The van der Waals surface area contributed by atoms with Crippen molar-refractivity contribution < 1.29 is 9.90 Å². The van der Waals surface area contributed by atoms with Crippen molar-refractivity contribution in [3.05, 3.63) is 35.4 Å². The van der Waals surface area contributed by atoms with E-state index in [1.165, 1.54) is 5.56 Å². The quantitative estimate of drug-likeness (QED) is 0.774. The fourth-order valence-electron chi connectivity index (χ4n) is 1.67. The van der Waals surface area contributed by atoms with E-state index in [-0.39, 0.29) is 11.8 Å². The van der Waals surface area contributed by atoms with Crippen molar-refractivity contribution in [2.75, 3.05) is 20.1 Å². The Labute approximate surface area is 113 Å². The summed E-state index contributed by atoms with van der Waals surface area (Å²) in [6.07, 6.45) is 0.995. The van der Waals surface area contributed by atoms with E-state index in [2.05, 4.69) is 12.1 Å². The molecule has 0 saturated heterocycles. The number of aryl methyl sites for hydroxylation is 1. The number of carboxylic acid groups (broad SMARTS) is 1. The lowest BCUT2D eigenvalue weighted by molar-refractivity contribution is -0.137. The van der Waals surface area contributed by atoms with Crippen LogP contribution >= 0.6 is 11.6 Å². The number of carbonyl (C=O) groups is 1. The average molecular weight is 270 g/mol. The van der Waals surface area contributed by atoms with Crippen molar-refractivity contribution >= 4 is 17.6 Å². The molecular weight excluding hydrogens is 250 g/mol. The van der Waals surface area contributed by atoms with Gasteiger partial charge in [-0.2, -0.15) is 0 Å².